The van der Waals surface area contributed by atoms with Crippen LogP contribution in [0.15, 0.2) is 46.6 Å². The zero-order valence-electron chi connectivity index (χ0n) is 17.5. The number of rotatable bonds is 7. The molecule has 2 aromatic rings. The third-order valence-corrected chi connectivity index (χ3v) is 4.70. The summed E-state index contributed by atoms with van der Waals surface area (Å²) in [6, 6.07) is 10.5. The van der Waals surface area contributed by atoms with Gasteiger partial charge in [-0.2, -0.15) is 5.11 Å². The molecule has 10 nitrogen and oxygen atoms in total. The number of imide groups is 1. The second kappa shape index (κ2) is 9.24. The number of ether oxygens (including phenoxy) is 1. The van der Waals surface area contributed by atoms with Crippen molar-refractivity contribution in [3.05, 3.63) is 42.0 Å². The maximum absolute atomic E-state index is 12.0. The summed E-state index contributed by atoms with van der Waals surface area (Å²) in [5.74, 6) is -1.20. The van der Waals surface area contributed by atoms with Crippen molar-refractivity contribution in [1.29, 1.82) is 0 Å². The summed E-state index contributed by atoms with van der Waals surface area (Å²) in [6.45, 7) is 1.73. The number of nitrogen functional groups attached to an aromatic ring is 1. The minimum Gasteiger partial charge on any atom is -0.494 e. The van der Waals surface area contributed by atoms with E-state index < -0.39 is 17.8 Å². The van der Waals surface area contributed by atoms with Gasteiger partial charge in [-0.1, -0.05) is 0 Å². The zero-order chi connectivity index (χ0) is 22.5. The van der Waals surface area contributed by atoms with E-state index >= 15 is 0 Å². The van der Waals surface area contributed by atoms with Crippen LogP contribution in [0.1, 0.15) is 18.4 Å². The highest BCUT2D eigenvalue weighted by Gasteiger charge is 2.33. The Morgan fingerprint density at radius 3 is 2.39 bits per heavy atom. The lowest BCUT2D eigenvalue weighted by Gasteiger charge is -2.19. The fourth-order valence-electron chi connectivity index (χ4n) is 2.89. The zero-order valence-corrected chi connectivity index (χ0v) is 17.5. The Morgan fingerprint density at radius 1 is 1.13 bits per heavy atom. The largest absolute Gasteiger partial charge is 0.494 e. The van der Waals surface area contributed by atoms with Crippen LogP contribution < -0.4 is 15.4 Å². The van der Waals surface area contributed by atoms with E-state index in [0.717, 1.165) is 11.3 Å². The summed E-state index contributed by atoms with van der Waals surface area (Å²) in [5, 5.41) is 8.98. The van der Waals surface area contributed by atoms with Crippen molar-refractivity contribution < 1.29 is 24.0 Å². The highest BCUT2D eigenvalue weighted by atomic mass is 16.7. The number of likely N-dealkylation sites (N-methyl/N-ethyl adjacent to an activating group) is 1. The number of benzene rings is 2. The van der Waals surface area contributed by atoms with Crippen molar-refractivity contribution in [3.63, 3.8) is 0 Å². The standard InChI is InChI=1S/C21H23N5O5/c1-13-10-17(18(30-3)11-16(13)22)24-23-14-4-6-15(7-5-14)25(2)12-21(29)31-26-19(27)8-9-20(26)28/h4-7,10-11H,8-9,12,22H2,1-3H3/b24-23+. The Kier molecular flexibility index (Phi) is 6.49. The fourth-order valence-corrected chi connectivity index (χ4v) is 2.89. The molecule has 3 rings (SSSR count). The van der Waals surface area contributed by atoms with Gasteiger partial charge >= 0.3 is 5.97 Å². The van der Waals surface area contributed by atoms with Crippen LogP contribution in [0.3, 0.4) is 0 Å². The monoisotopic (exact) mass is 425 g/mol. The van der Waals surface area contributed by atoms with Crippen molar-refractivity contribution in [2.45, 2.75) is 19.8 Å². The first kappa shape index (κ1) is 21.8. The lowest BCUT2D eigenvalue weighted by Crippen LogP contribution is -2.36. The molecular formula is C21H23N5O5. The molecule has 162 valence electrons. The lowest BCUT2D eigenvalue weighted by molar-refractivity contribution is -0.196. The minimum atomic E-state index is -0.708. The van der Waals surface area contributed by atoms with Gasteiger partial charge in [0, 0.05) is 37.3 Å². The van der Waals surface area contributed by atoms with Gasteiger partial charge in [0.15, 0.2) is 0 Å². The van der Waals surface area contributed by atoms with Crippen LogP contribution in [0.4, 0.5) is 22.7 Å². The quantitative estimate of drug-likeness (QED) is 0.410. The summed E-state index contributed by atoms with van der Waals surface area (Å²) in [6.07, 6.45) is 0.111. The van der Waals surface area contributed by atoms with Crippen molar-refractivity contribution in [2.75, 3.05) is 31.3 Å². The number of hydrogen-bond donors (Lipinski definition) is 1. The summed E-state index contributed by atoms with van der Waals surface area (Å²) < 4.78 is 5.29. The van der Waals surface area contributed by atoms with Crippen LogP contribution >= 0.6 is 0 Å². The number of azo groups is 1. The Labute approximate surface area is 179 Å². The van der Waals surface area contributed by atoms with Gasteiger partial charge in [0.1, 0.15) is 18.0 Å². The molecule has 1 heterocycles. The highest BCUT2D eigenvalue weighted by Crippen LogP contribution is 2.33. The first-order chi connectivity index (χ1) is 14.8. The van der Waals surface area contributed by atoms with Crippen LogP contribution in [-0.4, -0.2) is 43.5 Å². The van der Waals surface area contributed by atoms with E-state index in [2.05, 4.69) is 10.2 Å². The number of nitrogens with zero attached hydrogens (tertiary/aromatic N) is 4. The number of aryl methyl sites for hydroxylation is 1. The second-order valence-electron chi connectivity index (χ2n) is 7.00. The van der Waals surface area contributed by atoms with Crippen LogP contribution in [0.2, 0.25) is 0 Å². The minimum absolute atomic E-state index is 0.0553. The molecule has 0 aromatic heterocycles. The van der Waals surface area contributed by atoms with Crippen molar-refractivity contribution in [2.24, 2.45) is 10.2 Å². The molecule has 0 aliphatic carbocycles. The van der Waals surface area contributed by atoms with Crippen molar-refractivity contribution in [3.8, 4) is 5.75 Å². The number of nitrogens with two attached hydrogens (primary N) is 1. The van der Waals surface area contributed by atoms with E-state index in [1.54, 1.807) is 48.3 Å². The molecule has 0 atom stereocenters. The SMILES string of the molecule is COc1cc(N)c(C)cc1/N=N/c1ccc(N(C)CC(=O)ON2C(=O)CCC2=O)cc1. The van der Waals surface area contributed by atoms with Crippen molar-refractivity contribution in [1.82, 2.24) is 5.06 Å². The van der Waals surface area contributed by atoms with E-state index in [0.29, 0.717) is 27.9 Å². The summed E-state index contributed by atoms with van der Waals surface area (Å²) in [7, 11) is 3.22. The van der Waals surface area contributed by atoms with E-state index in [9.17, 15) is 14.4 Å². The Bertz CT molecular complexity index is 1020. The number of hydrogen-bond acceptors (Lipinski definition) is 9. The lowest BCUT2D eigenvalue weighted by atomic mass is 10.1. The molecule has 1 fully saturated rings. The predicted octanol–water partition coefficient (Wildman–Crippen LogP) is 3.04. The summed E-state index contributed by atoms with van der Waals surface area (Å²) in [4.78, 5) is 41.6. The Morgan fingerprint density at radius 2 is 1.77 bits per heavy atom. The molecule has 1 aliphatic rings. The number of carbonyl (C=O) groups excluding carboxylic acids is 3. The number of hydroxylamine groups is 2. The average molecular weight is 425 g/mol. The fraction of sp³-hybridized carbons (Fsp3) is 0.286. The molecule has 10 heteroatoms. The molecule has 2 N–H and O–H groups in total. The molecule has 0 unspecified atom stereocenters. The van der Waals surface area contributed by atoms with Gasteiger partial charge < -0.3 is 20.2 Å². The third kappa shape index (κ3) is 5.16. The first-order valence-electron chi connectivity index (χ1n) is 9.52. The van der Waals surface area contributed by atoms with Crippen LogP contribution in [-0.2, 0) is 19.2 Å². The number of amides is 2. The summed E-state index contributed by atoms with van der Waals surface area (Å²) >= 11 is 0. The third-order valence-electron chi connectivity index (χ3n) is 4.70. The van der Waals surface area contributed by atoms with Gasteiger partial charge in [0.25, 0.3) is 11.8 Å². The van der Waals surface area contributed by atoms with Crippen molar-refractivity contribution >= 4 is 40.5 Å². The average Bonchev–Trinajstić information content (AvgIpc) is 3.06. The number of anilines is 2. The van der Waals surface area contributed by atoms with Gasteiger partial charge in [-0.3, -0.25) is 9.59 Å². The number of methoxy groups -OCH3 is 1. The van der Waals surface area contributed by atoms with E-state index in [4.69, 9.17) is 15.3 Å². The van der Waals surface area contributed by atoms with Gasteiger partial charge in [0.2, 0.25) is 0 Å². The molecule has 1 saturated heterocycles. The smallest absolute Gasteiger partial charge is 0.352 e. The van der Waals surface area contributed by atoms with Crippen LogP contribution in [0.5, 0.6) is 5.75 Å². The molecular weight excluding hydrogens is 402 g/mol. The van der Waals surface area contributed by atoms with Gasteiger partial charge in [-0.05, 0) is 42.8 Å². The number of carbonyl (C=O) groups is 3. The van der Waals surface area contributed by atoms with E-state index in [1.165, 1.54) is 7.11 Å². The maximum Gasteiger partial charge on any atom is 0.352 e. The topological polar surface area (TPSA) is 127 Å². The predicted molar refractivity (Wildman–Crippen MR) is 113 cm³/mol. The molecule has 31 heavy (non-hydrogen) atoms. The first-order valence-corrected chi connectivity index (χ1v) is 9.52. The van der Waals surface area contributed by atoms with Gasteiger partial charge in [-0.25, -0.2) is 4.79 Å². The van der Waals surface area contributed by atoms with Gasteiger partial charge in [0.05, 0.1) is 12.8 Å². The molecule has 0 bridgehead atoms. The Balaban J connectivity index is 1.62. The highest BCUT2D eigenvalue weighted by molar-refractivity contribution is 6.01. The Hall–Kier alpha value is -3.95. The molecule has 2 aromatic carbocycles. The normalized spacial score (nSPS) is 13.7. The molecule has 0 radical (unpaired) electrons. The molecule has 0 spiro atoms. The maximum atomic E-state index is 12.0. The molecule has 1 aliphatic heterocycles. The van der Waals surface area contributed by atoms with Crippen LogP contribution in [0, 0.1) is 6.92 Å². The second-order valence-corrected chi connectivity index (χ2v) is 7.00. The van der Waals surface area contributed by atoms with Gasteiger partial charge in [-0.15, -0.1) is 10.2 Å². The molecule has 2 amide bonds. The van der Waals surface area contributed by atoms with Crippen LogP contribution in [0.25, 0.3) is 0 Å². The summed E-state index contributed by atoms with van der Waals surface area (Å²) in [5.41, 5.74) is 9.25. The van der Waals surface area contributed by atoms with E-state index in [-0.39, 0.29) is 19.4 Å². The van der Waals surface area contributed by atoms with E-state index in [1.807, 2.05) is 6.92 Å². The molecule has 0 saturated carbocycles.